The maximum absolute atomic E-state index is 13.3. The Morgan fingerprint density at radius 1 is 0.969 bits per heavy atom. The molecule has 1 aromatic heterocycles. The minimum Gasteiger partial charge on any atom is -0.496 e. The number of aromatic nitrogens is 3. The highest BCUT2D eigenvalue weighted by Crippen LogP contribution is 2.37. The maximum Gasteiger partial charge on any atom is 0.242 e. The minimum absolute atomic E-state index is 0.119. The number of thioether (sulfide) groups is 1. The molecule has 0 aliphatic heterocycles. The predicted molar refractivity (Wildman–Crippen MR) is 128 cm³/mol. The van der Waals surface area contributed by atoms with Crippen LogP contribution >= 0.6 is 11.8 Å². The molecule has 0 saturated heterocycles. The van der Waals surface area contributed by atoms with Gasteiger partial charge in [0.25, 0.3) is 0 Å². The molecular formula is C25H24N4O2S. The van der Waals surface area contributed by atoms with E-state index in [1.807, 2.05) is 97.4 Å². The number of nitrogens with one attached hydrogen (secondary N) is 1. The fourth-order valence-corrected chi connectivity index (χ4v) is 4.33. The van der Waals surface area contributed by atoms with Gasteiger partial charge in [-0.15, -0.1) is 10.2 Å². The van der Waals surface area contributed by atoms with Gasteiger partial charge in [-0.2, -0.15) is 0 Å². The summed E-state index contributed by atoms with van der Waals surface area (Å²) in [5.74, 6) is 1.28. The summed E-state index contributed by atoms with van der Waals surface area (Å²) in [4.78, 5) is 13.3. The molecule has 0 aliphatic carbocycles. The molecule has 0 bridgehead atoms. The van der Waals surface area contributed by atoms with Crippen molar-refractivity contribution in [3.63, 3.8) is 0 Å². The van der Waals surface area contributed by atoms with E-state index in [0.717, 1.165) is 28.1 Å². The normalized spacial score (nSPS) is 11.7. The van der Waals surface area contributed by atoms with Crippen LogP contribution in [0.1, 0.15) is 16.4 Å². The molecule has 1 heterocycles. The molecule has 0 spiro atoms. The van der Waals surface area contributed by atoms with Crippen molar-refractivity contribution in [1.29, 1.82) is 0 Å². The topological polar surface area (TPSA) is 69.0 Å². The van der Waals surface area contributed by atoms with Crippen LogP contribution < -0.4 is 10.1 Å². The lowest BCUT2D eigenvalue weighted by Gasteiger charge is -2.17. The summed E-state index contributed by atoms with van der Waals surface area (Å²) in [5, 5.41) is 11.9. The van der Waals surface area contributed by atoms with Crippen LogP contribution in [0.4, 0.5) is 5.69 Å². The summed E-state index contributed by atoms with van der Waals surface area (Å²) in [5.41, 5.74) is 3.64. The van der Waals surface area contributed by atoms with Crippen molar-refractivity contribution < 1.29 is 9.53 Å². The Morgan fingerprint density at radius 3 is 2.38 bits per heavy atom. The van der Waals surface area contributed by atoms with Gasteiger partial charge in [-0.1, -0.05) is 71.9 Å². The molecule has 7 heteroatoms. The number of methoxy groups -OCH3 is 1. The summed E-state index contributed by atoms with van der Waals surface area (Å²) >= 11 is 1.36. The molecule has 1 amide bonds. The molecule has 4 rings (SSSR count). The highest BCUT2D eigenvalue weighted by molar-refractivity contribution is 8.00. The molecule has 0 saturated carbocycles. The van der Waals surface area contributed by atoms with E-state index < -0.39 is 5.25 Å². The number of aryl methyl sites for hydroxylation is 1. The summed E-state index contributed by atoms with van der Waals surface area (Å²) in [6, 6.07) is 25.1. The third-order valence-corrected chi connectivity index (χ3v) is 6.35. The van der Waals surface area contributed by atoms with Crippen LogP contribution in [-0.4, -0.2) is 27.8 Å². The number of carbonyl (C=O) groups excluding carboxylic acids is 1. The molecule has 0 radical (unpaired) electrons. The van der Waals surface area contributed by atoms with E-state index in [2.05, 4.69) is 15.5 Å². The van der Waals surface area contributed by atoms with Crippen LogP contribution in [0.5, 0.6) is 5.75 Å². The third-order valence-electron chi connectivity index (χ3n) is 5.07. The van der Waals surface area contributed by atoms with Crippen LogP contribution in [0.25, 0.3) is 11.4 Å². The Morgan fingerprint density at radius 2 is 1.66 bits per heavy atom. The number of amides is 1. The minimum atomic E-state index is -0.495. The molecule has 162 valence electrons. The molecule has 0 aliphatic rings. The van der Waals surface area contributed by atoms with Crippen molar-refractivity contribution in [2.24, 2.45) is 7.05 Å². The van der Waals surface area contributed by atoms with E-state index in [1.54, 1.807) is 7.11 Å². The monoisotopic (exact) mass is 444 g/mol. The number of ether oxygens (including phenoxy) is 1. The first-order chi connectivity index (χ1) is 15.6. The van der Waals surface area contributed by atoms with Gasteiger partial charge < -0.3 is 14.6 Å². The summed E-state index contributed by atoms with van der Waals surface area (Å²) in [6.07, 6.45) is 0. The van der Waals surface area contributed by atoms with E-state index in [0.29, 0.717) is 11.0 Å². The van der Waals surface area contributed by atoms with Gasteiger partial charge in [0.15, 0.2) is 11.0 Å². The van der Waals surface area contributed by atoms with Crippen molar-refractivity contribution in [3.8, 4) is 17.1 Å². The van der Waals surface area contributed by atoms with Crippen LogP contribution in [0.15, 0.2) is 84.0 Å². The summed E-state index contributed by atoms with van der Waals surface area (Å²) < 4.78 is 7.36. The molecule has 1 N–H and O–H groups in total. The van der Waals surface area contributed by atoms with E-state index >= 15 is 0 Å². The van der Waals surface area contributed by atoms with Crippen LogP contribution in [-0.2, 0) is 11.8 Å². The lowest BCUT2D eigenvalue weighted by Crippen LogP contribution is -2.19. The first-order valence-electron chi connectivity index (χ1n) is 10.2. The molecule has 0 fully saturated rings. The van der Waals surface area contributed by atoms with Crippen molar-refractivity contribution in [3.05, 3.63) is 90.0 Å². The van der Waals surface area contributed by atoms with Gasteiger partial charge in [-0.25, -0.2) is 0 Å². The van der Waals surface area contributed by atoms with Gasteiger partial charge in [0.1, 0.15) is 11.0 Å². The second-order valence-electron chi connectivity index (χ2n) is 7.33. The SMILES string of the molecule is COc1ccccc1-c1nnc(SC(C(=O)Nc2ccc(C)cc2)c2ccccc2)n1C. The molecule has 1 unspecified atom stereocenters. The van der Waals surface area contributed by atoms with Crippen molar-refractivity contribution >= 4 is 23.4 Å². The van der Waals surface area contributed by atoms with Gasteiger partial charge >= 0.3 is 0 Å². The Kier molecular flexibility index (Phi) is 6.56. The lowest BCUT2D eigenvalue weighted by molar-refractivity contribution is -0.115. The number of nitrogens with zero attached hydrogens (tertiary/aromatic N) is 3. The Labute approximate surface area is 191 Å². The van der Waals surface area contributed by atoms with E-state index in [4.69, 9.17) is 4.74 Å². The van der Waals surface area contributed by atoms with Crippen molar-refractivity contribution in [1.82, 2.24) is 14.8 Å². The number of para-hydroxylation sites is 1. The van der Waals surface area contributed by atoms with Crippen LogP contribution in [0.2, 0.25) is 0 Å². The summed E-state index contributed by atoms with van der Waals surface area (Å²) in [7, 11) is 3.52. The van der Waals surface area contributed by atoms with Gasteiger partial charge in [-0.05, 0) is 36.8 Å². The number of rotatable bonds is 7. The number of carbonyl (C=O) groups is 1. The zero-order valence-electron chi connectivity index (χ0n) is 18.1. The number of anilines is 1. The first kappa shape index (κ1) is 21.6. The van der Waals surface area contributed by atoms with Crippen LogP contribution in [0.3, 0.4) is 0 Å². The Hall–Kier alpha value is -3.58. The average molecular weight is 445 g/mol. The zero-order chi connectivity index (χ0) is 22.5. The molecule has 3 aromatic carbocycles. The number of benzene rings is 3. The zero-order valence-corrected chi connectivity index (χ0v) is 19.0. The van der Waals surface area contributed by atoms with Gasteiger partial charge in [0, 0.05) is 12.7 Å². The van der Waals surface area contributed by atoms with Crippen molar-refractivity contribution in [2.45, 2.75) is 17.3 Å². The predicted octanol–water partition coefficient (Wildman–Crippen LogP) is 5.27. The van der Waals surface area contributed by atoms with E-state index in [1.165, 1.54) is 11.8 Å². The standard InChI is InChI=1S/C25H24N4O2S/c1-17-13-15-19(16-14-17)26-24(30)22(18-9-5-4-6-10-18)32-25-28-27-23(29(25)2)20-11-7-8-12-21(20)31-3/h4-16,22H,1-3H3,(H,26,30). The van der Waals surface area contributed by atoms with Gasteiger partial charge in [-0.3, -0.25) is 4.79 Å². The molecule has 6 nitrogen and oxygen atoms in total. The molecule has 1 atom stereocenters. The Balaban J connectivity index is 1.64. The smallest absolute Gasteiger partial charge is 0.242 e. The third kappa shape index (κ3) is 4.68. The van der Waals surface area contributed by atoms with E-state index in [-0.39, 0.29) is 5.91 Å². The highest BCUT2D eigenvalue weighted by atomic mass is 32.2. The van der Waals surface area contributed by atoms with Crippen molar-refractivity contribution in [2.75, 3.05) is 12.4 Å². The molecular weight excluding hydrogens is 420 g/mol. The number of hydrogen-bond acceptors (Lipinski definition) is 5. The lowest BCUT2D eigenvalue weighted by atomic mass is 10.1. The average Bonchev–Trinajstić information content (AvgIpc) is 3.19. The second-order valence-corrected chi connectivity index (χ2v) is 8.40. The fraction of sp³-hybridized carbons (Fsp3) is 0.160. The fourth-order valence-electron chi connectivity index (χ4n) is 3.33. The molecule has 4 aromatic rings. The van der Waals surface area contributed by atoms with E-state index in [9.17, 15) is 4.79 Å². The highest BCUT2D eigenvalue weighted by Gasteiger charge is 2.26. The quantitative estimate of drug-likeness (QED) is 0.393. The second kappa shape index (κ2) is 9.70. The van der Waals surface area contributed by atoms with Crippen LogP contribution in [0, 0.1) is 6.92 Å². The number of hydrogen-bond donors (Lipinski definition) is 1. The maximum atomic E-state index is 13.3. The first-order valence-corrected chi connectivity index (χ1v) is 11.1. The largest absolute Gasteiger partial charge is 0.496 e. The van der Waals surface area contributed by atoms with Gasteiger partial charge in [0.05, 0.1) is 12.7 Å². The summed E-state index contributed by atoms with van der Waals surface area (Å²) in [6.45, 7) is 2.02. The molecule has 32 heavy (non-hydrogen) atoms. The Bertz CT molecular complexity index is 1210. The van der Waals surface area contributed by atoms with Gasteiger partial charge in [0.2, 0.25) is 5.91 Å².